The van der Waals surface area contributed by atoms with Gasteiger partial charge in [0.05, 0.1) is 30.5 Å². The third kappa shape index (κ3) is 3.06. The van der Waals surface area contributed by atoms with Gasteiger partial charge in [-0.2, -0.15) is 0 Å². The fourth-order valence-corrected chi connectivity index (χ4v) is 3.80. The highest BCUT2D eigenvalue weighted by Crippen LogP contribution is 2.36. The highest BCUT2D eigenvalue weighted by atomic mass is 35.5. The van der Waals surface area contributed by atoms with Crippen molar-refractivity contribution in [3.05, 3.63) is 57.7 Å². The highest BCUT2D eigenvalue weighted by Gasteiger charge is 2.37. The second-order valence-corrected chi connectivity index (χ2v) is 7.33. The van der Waals surface area contributed by atoms with Crippen LogP contribution in [0.1, 0.15) is 40.1 Å². The van der Waals surface area contributed by atoms with E-state index < -0.39 is 0 Å². The van der Waals surface area contributed by atoms with Crippen LogP contribution in [0, 0.1) is 6.92 Å². The van der Waals surface area contributed by atoms with Crippen molar-refractivity contribution < 1.29 is 9.53 Å². The van der Waals surface area contributed by atoms with Gasteiger partial charge in [0.15, 0.2) is 0 Å². The van der Waals surface area contributed by atoms with Crippen molar-refractivity contribution in [1.29, 1.82) is 0 Å². The lowest BCUT2D eigenvalue weighted by Gasteiger charge is -2.28. The van der Waals surface area contributed by atoms with E-state index in [4.69, 9.17) is 21.3 Å². The van der Waals surface area contributed by atoms with Gasteiger partial charge in [-0.1, -0.05) is 23.7 Å². The number of rotatable bonds is 3. The lowest BCUT2D eigenvalue weighted by atomic mass is 10.1. The van der Waals surface area contributed by atoms with Crippen LogP contribution < -0.4 is 4.90 Å². The van der Waals surface area contributed by atoms with Crippen LogP contribution in [-0.2, 0) is 11.3 Å². The minimum Gasteiger partial charge on any atom is -0.378 e. The van der Waals surface area contributed by atoms with Crippen LogP contribution in [-0.4, -0.2) is 42.1 Å². The molecular weight excluding hydrogens is 350 g/mol. The average molecular weight is 372 g/mol. The summed E-state index contributed by atoms with van der Waals surface area (Å²) in [5.74, 6) is 0.999. The maximum atomic E-state index is 13.0. The summed E-state index contributed by atoms with van der Waals surface area (Å²) in [7, 11) is 0. The summed E-state index contributed by atoms with van der Waals surface area (Å²) >= 11 is 5.97. The number of hydrogen-bond acceptors (Lipinski definition) is 4. The first-order valence-electron chi connectivity index (χ1n) is 8.94. The van der Waals surface area contributed by atoms with Crippen molar-refractivity contribution in [2.75, 3.05) is 31.2 Å². The molecule has 5 nitrogen and oxygen atoms in total. The number of carbonyl (C=O) groups is 1. The molecule has 0 aliphatic carbocycles. The highest BCUT2D eigenvalue weighted by molar-refractivity contribution is 6.30. The van der Waals surface area contributed by atoms with Crippen LogP contribution in [0.25, 0.3) is 0 Å². The Labute approximate surface area is 158 Å². The van der Waals surface area contributed by atoms with E-state index in [-0.39, 0.29) is 11.9 Å². The summed E-state index contributed by atoms with van der Waals surface area (Å²) in [5, 5.41) is 0.700. The standard InChI is InChI=1S/C20H22ClN3O2/c1-13-11-17(23-7-9-26-10-8-23)22-19-14(2)24(20(25)18(13)19)12-15-3-5-16(21)6-4-15/h3-6,11,14H,7-10,12H2,1-2H3. The number of aryl methyl sites for hydroxylation is 1. The Hall–Kier alpha value is -2.11. The minimum atomic E-state index is -0.0483. The zero-order valence-electron chi connectivity index (χ0n) is 15.0. The van der Waals surface area contributed by atoms with E-state index in [0.717, 1.165) is 54.5 Å². The Balaban J connectivity index is 1.63. The fourth-order valence-electron chi connectivity index (χ4n) is 3.68. The van der Waals surface area contributed by atoms with Crippen LogP contribution in [0.15, 0.2) is 30.3 Å². The first kappa shape index (κ1) is 17.3. The molecule has 1 unspecified atom stereocenters. The number of pyridine rings is 1. The predicted octanol–water partition coefficient (Wildman–Crippen LogP) is 3.60. The Morgan fingerprint density at radius 2 is 1.92 bits per heavy atom. The molecule has 136 valence electrons. The van der Waals surface area contributed by atoms with Crippen LogP contribution in [0.3, 0.4) is 0 Å². The number of morpholine rings is 1. The number of hydrogen-bond donors (Lipinski definition) is 0. The number of aromatic nitrogens is 1. The van der Waals surface area contributed by atoms with Gasteiger partial charge in [-0.25, -0.2) is 4.98 Å². The summed E-state index contributed by atoms with van der Waals surface area (Å²) in [6.45, 7) is 7.71. The van der Waals surface area contributed by atoms with Crippen LogP contribution in [0.4, 0.5) is 5.82 Å². The third-order valence-corrected chi connectivity index (χ3v) is 5.42. The molecule has 6 heteroatoms. The number of amides is 1. The molecule has 3 heterocycles. The number of benzene rings is 1. The van der Waals surface area contributed by atoms with Gasteiger partial charge in [0, 0.05) is 24.7 Å². The predicted molar refractivity (Wildman–Crippen MR) is 102 cm³/mol. The number of anilines is 1. The van der Waals surface area contributed by atoms with Crippen LogP contribution in [0.2, 0.25) is 5.02 Å². The third-order valence-electron chi connectivity index (χ3n) is 5.17. The quantitative estimate of drug-likeness (QED) is 0.827. The molecule has 26 heavy (non-hydrogen) atoms. The van der Waals surface area contributed by atoms with E-state index in [1.807, 2.05) is 42.2 Å². The van der Waals surface area contributed by atoms with Crippen molar-refractivity contribution in [2.24, 2.45) is 0 Å². The number of nitrogens with zero attached hydrogens (tertiary/aromatic N) is 3. The maximum absolute atomic E-state index is 13.0. The van der Waals surface area contributed by atoms with E-state index in [1.54, 1.807) is 0 Å². The van der Waals surface area contributed by atoms with Gasteiger partial charge in [-0.05, 0) is 43.2 Å². The average Bonchev–Trinajstić information content (AvgIpc) is 2.89. The van der Waals surface area contributed by atoms with E-state index in [0.29, 0.717) is 11.6 Å². The van der Waals surface area contributed by atoms with Crippen molar-refractivity contribution in [3.63, 3.8) is 0 Å². The van der Waals surface area contributed by atoms with E-state index in [2.05, 4.69) is 11.8 Å². The molecular formula is C20H22ClN3O2. The summed E-state index contributed by atoms with van der Waals surface area (Å²) in [4.78, 5) is 22.0. The molecule has 1 amide bonds. The first-order chi connectivity index (χ1) is 12.5. The maximum Gasteiger partial charge on any atom is 0.256 e. The summed E-state index contributed by atoms with van der Waals surface area (Å²) < 4.78 is 5.43. The zero-order chi connectivity index (χ0) is 18.3. The molecule has 1 aromatic carbocycles. The molecule has 1 fully saturated rings. The van der Waals surface area contributed by atoms with Crippen LogP contribution >= 0.6 is 11.6 Å². The van der Waals surface area contributed by atoms with E-state index in [9.17, 15) is 4.79 Å². The molecule has 2 aromatic rings. The molecule has 1 saturated heterocycles. The molecule has 0 spiro atoms. The topological polar surface area (TPSA) is 45.7 Å². The van der Waals surface area contributed by atoms with Gasteiger partial charge >= 0.3 is 0 Å². The van der Waals surface area contributed by atoms with Gasteiger partial charge in [0.2, 0.25) is 0 Å². The molecule has 0 N–H and O–H groups in total. The zero-order valence-corrected chi connectivity index (χ0v) is 15.8. The Morgan fingerprint density at radius 1 is 1.23 bits per heavy atom. The smallest absolute Gasteiger partial charge is 0.256 e. The van der Waals surface area contributed by atoms with Gasteiger partial charge in [0.25, 0.3) is 5.91 Å². The number of carbonyl (C=O) groups excluding carboxylic acids is 1. The molecule has 2 aliphatic heterocycles. The van der Waals surface area contributed by atoms with E-state index >= 15 is 0 Å². The normalized spacial score (nSPS) is 19.8. The molecule has 0 bridgehead atoms. The van der Waals surface area contributed by atoms with Crippen molar-refractivity contribution in [3.8, 4) is 0 Å². The Kier molecular flexibility index (Phi) is 4.59. The minimum absolute atomic E-state index is 0.0483. The largest absolute Gasteiger partial charge is 0.378 e. The van der Waals surface area contributed by atoms with Crippen LogP contribution in [0.5, 0.6) is 0 Å². The fraction of sp³-hybridized carbons (Fsp3) is 0.400. The van der Waals surface area contributed by atoms with Gasteiger partial charge < -0.3 is 14.5 Å². The van der Waals surface area contributed by atoms with Crippen molar-refractivity contribution >= 4 is 23.3 Å². The monoisotopic (exact) mass is 371 g/mol. The Morgan fingerprint density at radius 3 is 2.62 bits per heavy atom. The summed E-state index contributed by atoms with van der Waals surface area (Å²) in [6, 6.07) is 9.62. The first-order valence-corrected chi connectivity index (χ1v) is 9.32. The van der Waals surface area contributed by atoms with Gasteiger partial charge in [0.1, 0.15) is 5.82 Å². The van der Waals surface area contributed by atoms with Gasteiger partial charge in [-0.3, -0.25) is 4.79 Å². The summed E-state index contributed by atoms with van der Waals surface area (Å²) in [5.41, 5.74) is 3.69. The Bertz CT molecular complexity index is 832. The van der Waals surface area contributed by atoms with E-state index in [1.165, 1.54) is 0 Å². The second-order valence-electron chi connectivity index (χ2n) is 6.89. The number of ether oxygens (including phenoxy) is 1. The van der Waals surface area contributed by atoms with Crippen molar-refractivity contribution in [2.45, 2.75) is 26.4 Å². The number of fused-ring (bicyclic) bond motifs is 1. The molecule has 0 saturated carbocycles. The number of halogens is 1. The molecule has 1 atom stereocenters. The van der Waals surface area contributed by atoms with Gasteiger partial charge in [-0.15, -0.1) is 0 Å². The lowest BCUT2D eigenvalue weighted by Crippen LogP contribution is -2.37. The SMILES string of the molecule is Cc1cc(N2CCOCC2)nc2c1C(=O)N(Cc1ccc(Cl)cc1)C2C. The molecule has 0 radical (unpaired) electrons. The molecule has 2 aliphatic rings. The second kappa shape index (κ2) is 6.89. The molecule has 4 rings (SSSR count). The lowest BCUT2D eigenvalue weighted by molar-refractivity contribution is 0.0721. The van der Waals surface area contributed by atoms with Crippen molar-refractivity contribution in [1.82, 2.24) is 9.88 Å². The molecule has 1 aromatic heterocycles. The summed E-state index contributed by atoms with van der Waals surface area (Å²) in [6.07, 6.45) is 0.